The maximum Gasteiger partial charge on any atom is 0.125 e. The van der Waals surface area contributed by atoms with Crippen molar-refractivity contribution < 1.29 is 0 Å². The minimum atomic E-state index is 0.489. The van der Waals surface area contributed by atoms with Crippen molar-refractivity contribution in [1.82, 2.24) is 15.3 Å². The van der Waals surface area contributed by atoms with E-state index in [1.165, 1.54) is 0 Å². The molecule has 0 atom stereocenters. The first-order valence-corrected chi connectivity index (χ1v) is 6.22. The van der Waals surface area contributed by atoms with Gasteiger partial charge in [0.15, 0.2) is 0 Å². The van der Waals surface area contributed by atoms with Crippen LogP contribution in [0.2, 0.25) is 0 Å². The van der Waals surface area contributed by atoms with E-state index in [4.69, 9.17) is 0 Å². The fourth-order valence-corrected chi connectivity index (χ4v) is 2.13. The fraction of sp³-hybridized carbons (Fsp3) is 0.333. The van der Waals surface area contributed by atoms with E-state index < -0.39 is 0 Å². The third kappa shape index (κ3) is 2.87. The molecular formula is C12H15N3S. The predicted octanol–water partition coefficient (Wildman–Crippen LogP) is 2.70. The smallest absolute Gasteiger partial charge is 0.125 e. The summed E-state index contributed by atoms with van der Waals surface area (Å²) >= 11 is 1.66. The molecule has 0 aliphatic carbocycles. The van der Waals surface area contributed by atoms with E-state index >= 15 is 0 Å². The van der Waals surface area contributed by atoms with Crippen LogP contribution in [0.25, 0.3) is 10.6 Å². The second-order valence-electron chi connectivity index (χ2n) is 3.92. The van der Waals surface area contributed by atoms with Gasteiger partial charge < -0.3 is 5.32 Å². The summed E-state index contributed by atoms with van der Waals surface area (Å²) in [6.45, 7) is 5.09. The summed E-state index contributed by atoms with van der Waals surface area (Å²) in [5.74, 6) is 0. The Hall–Kier alpha value is -1.26. The normalized spacial score (nSPS) is 10.9. The summed E-state index contributed by atoms with van der Waals surface area (Å²) in [4.78, 5) is 8.66. The van der Waals surface area contributed by atoms with Gasteiger partial charge in [-0.1, -0.05) is 13.8 Å². The van der Waals surface area contributed by atoms with Gasteiger partial charge in [-0.15, -0.1) is 11.3 Å². The molecule has 0 amide bonds. The molecule has 16 heavy (non-hydrogen) atoms. The van der Waals surface area contributed by atoms with E-state index in [0.717, 1.165) is 22.8 Å². The van der Waals surface area contributed by atoms with Crippen molar-refractivity contribution in [2.75, 3.05) is 0 Å². The van der Waals surface area contributed by atoms with Crippen LogP contribution < -0.4 is 5.32 Å². The maximum atomic E-state index is 4.57. The Morgan fingerprint density at radius 3 is 3.00 bits per heavy atom. The molecular weight excluding hydrogens is 218 g/mol. The first-order chi connectivity index (χ1) is 7.75. The summed E-state index contributed by atoms with van der Waals surface area (Å²) in [6.07, 6.45) is 3.62. The second kappa shape index (κ2) is 5.18. The van der Waals surface area contributed by atoms with Gasteiger partial charge in [0.05, 0.1) is 5.69 Å². The van der Waals surface area contributed by atoms with Crippen LogP contribution >= 0.6 is 11.3 Å². The molecule has 2 heterocycles. The maximum absolute atomic E-state index is 4.57. The van der Waals surface area contributed by atoms with Crippen molar-refractivity contribution in [2.24, 2.45) is 0 Å². The lowest BCUT2D eigenvalue weighted by molar-refractivity contribution is 0.583. The molecule has 2 rings (SSSR count). The number of hydrogen-bond acceptors (Lipinski definition) is 4. The highest BCUT2D eigenvalue weighted by Crippen LogP contribution is 2.22. The molecule has 4 heteroatoms. The van der Waals surface area contributed by atoms with Gasteiger partial charge in [0.2, 0.25) is 0 Å². The molecule has 0 unspecified atom stereocenters. The van der Waals surface area contributed by atoms with Gasteiger partial charge in [-0.2, -0.15) is 0 Å². The van der Waals surface area contributed by atoms with Gasteiger partial charge in [0.25, 0.3) is 0 Å². The Kier molecular flexibility index (Phi) is 3.64. The number of hydrogen-bond donors (Lipinski definition) is 1. The summed E-state index contributed by atoms with van der Waals surface area (Å²) in [7, 11) is 0. The first kappa shape index (κ1) is 11.2. The molecule has 0 spiro atoms. The highest BCUT2D eigenvalue weighted by molar-refractivity contribution is 7.13. The number of thiazole rings is 1. The van der Waals surface area contributed by atoms with Crippen molar-refractivity contribution in [3.63, 3.8) is 0 Å². The lowest BCUT2D eigenvalue weighted by atomic mass is 10.3. The minimum Gasteiger partial charge on any atom is -0.309 e. The molecule has 0 radical (unpaired) electrons. The molecule has 0 saturated heterocycles. The van der Waals surface area contributed by atoms with Gasteiger partial charge in [-0.3, -0.25) is 4.98 Å². The average molecular weight is 233 g/mol. The number of aromatic nitrogens is 2. The molecule has 2 aromatic heterocycles. The van der Waals surface area contributed by atoms with Gasteiger partial charge in [-0.05, 0) is 12.1 Å². The summed E-state index contributed by atoms with van der Waals surface area (Å²) in [6, 6.07) is 4.46. The molecule has 0 fully saturated rings. The standard InChI is InChI=1S/C12H15N3S/c1-9(2)14-7-11-8-16-12(15-11)10-4-3-5-13-6-10/h3-6,8-9,14H,7H2,1-2H3. The summed E-state index contributed by atoms with van der Waals surface area (Å²) in [5.41, 5.74) is 2.18. The highest BCUT2D eigenvalue weighted by atomic mass is 32.1. The summed E-state index contributed by atoms with van der Waals surface area (Å²) in [5, 5.41) is 6.49. The van der Waals surface area contributed by atoms with Gasteiger partial charge in [0.1, 0.15) is 5.01 Å². The Morgan fingerprint density at radius 2 is 2.31 bits per heavy atom. The van der Waals surface area contributed by atoms with Gasteiger partial charge >= 0.3 is 0 Å². The molecule has 0 aliphatic heterocycles. The van der Waals surface area contributed by atoms with Crippen LogP contribution in [0.3, 0.4) is 0 Å². The van der Waals surface area contributed by atoms with Crippen LogP contribution in [0.15, 0.2) is 29.9 Å². The monoisotopic (exact) mass is 233 g/mol. The van der Waals surface area contributed by atoms with Crippen molar-refractivity contribution >= 4 is 11.3 Å². The third-order valence-electron chi connectivity index (χ3n) is 2.15. The second-order valence-corrected chi connectivity index (χ2v) is 4.78. The molecule has 0 aliphatic rings. The topological polar surface area (TPSA) is 37.8 Å². The van der Waals surface area contributed by atoms with Crippen molar-refractivity contribution in [3.05, 3.63) is 35.6 Å². The quantitative estimate of drug-likeness (QED) is 0.882. The molecule has 0 saturated carbocycles. The Balaban J connectivity index is 2.08. The molecule has 0 aromatic carbocycles. The van der Waals surface area contributed by atoms with E-state index in [9.17, 15) is 0 Å². The van der Waals surface area contributed by atoms with E-state index in [1.54, 1.807) is 17.5 Å². The number of nitrogens with one attached hydrogen (secondary N) is 1. The van der Waals surface area contributed by atoms with Crippen LogP contribution in [-0.4, -0.2) is 16.0 Å². The molecule has 1 N–H and O–H groups in total. The molecule has 2 aromatic rings. The SMILES string of the molecule is CC(C)NCc1csc(-c2cccnc2)n1. The van der Waals surface area contributed by atoms with Crippen LogP contribution in [0.5, 0.6) is 0 Å². The van der Waals surface area contributed by atoms with Crippen LogP contribution in [0.1, 0.15) is 19.5 Å². The zero-order chi connectivity index (χ0) is 11.4. The van der Waals surface area contributed by atoms with E-state index in [-0.39, 0.29) is 0 Å². The van der Waals surface area contributed by atoms with Crippen LogP contribution in [0.4, 0.5) is 0 Å². The van der Waals surface area contributed by atoms with Crippen LogP contribution in [-0.2, 0) is 6.54 Å². The first-order valence-electron chi connectivity index (χ1n) is 5.34. The van der Waals surface area contributed by atoms with E-state index in [2.05, 4.69) is 34.5 Å². The zero-order valence-corrected chi connectivity index (χ0v) is 10.3. The fourth-order valence-electron chi connectivity index (χ4n) is 1.32. The average Bonchev–Trinajstić information content (AvgIpc) is 2.76. The predicted molar refractivity (Wildman–Crippen MR) is 67.3 cm³/mol. The summed E-state index contributed by atoms with van der Waals surface area (Å²) < 4.78 is 0. The lowest BCUT2D eigenvalue weighted by Crippen LogP contribution is -2.21. The Bertz CT molecular complexity index is 437. The third-order valence-corrected chi connectivity index (χ3v) is 3.09. The minimum absolute atomic E-state index is 0.489. The Labute approximate surface area is 99.6 Å². The molecule has 0 bridgehead atoms. The lowest BCUT2D eigenvalue weighted by Gasteiger charge is -2.04. The van der Waals surface area contributed by atoms with E-state index in [0.29, 0.717) is 6.04 Å². The van der Waals surface area contributed by atoms with Gasteiger partial charge in [0, 0.05) is 35.9 Å². The Morgan fingerprint density at radius 1 is 1.44 bits per heavy atom. The molecule has 84 valence electrons. The zero-order valence-electron chi connectivity index (χ0n) is 9.47. The van der Waals surface area contributed by atoms with Crippen molar-refractivity contribution in [3.8, 4) is 10.6 Å². The van der Waals surface area contributed by atoms with Crippen molar-refractivity contribution in [2.45, 2.75) is 26.4 Å². The number of rotatable bonds is 4. The van der Waals surface area contributed by atoms with E-state index in [1.807, 2.05) is 18.3 Å². The largest absolute Gasteiger partial charge is 0.309 e. The number of pyridine rings is 1. The van der Waals surface area contributed by atoms with Gasteiger partial charge in [-0.25, -0.2) is 4.98 Å². The van der Waals surface area contributed by atoms with Crippen molar-refractivity contribution in [1.29, 1.82) is 0 Å². The molecule has 3 nitrogen and oxygen atoms in total. The van der Waals surface area contributed by atoms with Crippen LogP contribution in [0, 0.1) is 0 Å². The highest BCUT2D eigenvalue weighted by Gasteiger charge is 2.04. The number of nitrogens with zero attached hydrogens (tertiary/aromatic N) is 2.